The summed E-state index contributed by atoms with van der Waals surface area (Å²) in [5.74, 6) is 0. The van der Waals surface area contributed by atoms with E-state index in [0.29, 0.717) is 5.56 Å². The third kappa shape index (κ3) is 2.78. The first-order valence-electron chi connectivity index (χ1n) is 5.05. The first kappa shape index (κ1) is 13.6. The number of sulfonamides is 1. The smallest absolute Gasteiger partial charge is 0.252 e. The molecule has 1 N–H and O–H groups in total. The van der Waals surface area contributed by atoms with Crippen LogP contribution in [-0.4, -0.2) is 29.9 Å². The Morgan fingerprint density at radius 2 is 2.22 bits per heavy atom. The second-order valence-electron chi connectivity index (χ2n) is 3.67. The molecule has 0 fully saturated rings. The largest absolute Gasteiger partial charge is 0.392 e. The summed E-state index contributed by atoms with van der Waals surface area (Å²) in [5, 5.41) is 12.4. The van der Waals surface area contributed by atoms with E-state index in [2.05, 4.69) is 4.98 Å². The molecule has 2 aromatic rings. The van der Waals surface area contributed by atoms with Gasteiger partial charge in [0.1, 0.15) is 4.21 Å². The molecule has 8 heteroatoms. The first-order valence-corrected chi connectivity index (χ1v) is 8.32. The third-order valence-corrected chi connectivity index (χ3v) is 6.25. The minimum Gasteiger partial charge on any atom is -0.392 e. The van der Waals surface area contributed by atoms with Crippen LogP contribution in [0.3, 0.4) is 0 Å². The summed E-state index contributed by atoms with van der Waals surface area (Å²) < 4.78 is 25.9. The van der Waals surface area contributed by atoms with Gasteiger partial charge < -0.3 is 5.11 Å². The molecule has 2 heterocycles. The summed E-state index contributed by atoms with van der Waals surface area (Å²) >= 11 is 2.55. The maximum atomic E-state index is 12.2. The average Bonchev–Trinajstić information content (AvgIpc) is 2.99. The zero-order valence-corrected chi connectivity index (χ0v) is 12.1. The highest BCUT2D eigenvalue weighted by Crippen LogP contribution is 2.24. The van der Waals surface area contributed by atoms with Crippen LogP contribution in [0.4, 0.5) is 0 Å². The van der Waals surface area contributed by atoms with E-state index in [1.807, 2.05) is 5.38 Å². The van der Waals surface area contributed by atoms with Crippen molar-refractivity contribution in [3.05, 3.63) is 33.6 Å². The molecule has 0 saturated heterocycles. The van der Waals surface area contributed by atoms with Gasteiger partial charge in [-0.15, -0.1) is 22.7 Å². The lowest BCUT2D eigenvalue weighted by Gasteiger charge is -2.14. The molecule has 0 saturated carbocycles. The summed E-state index contributed by atoms with van der Waals surface area (Å²) in [7, 11) is -1.98. The van der Waals surface area contributed by atoms with Gasteiger partial charge in [0, 0.05) is 12.4 Å². The Labute approximate surface area is 113 Å². The predicted octanol–water partition coefficient (Wildman–Crippen LogP) is 1.52. The van der Waals surface area contributed by atoms with Gasteiger partial charge in [0.05, 0.1) is 24.4 Å². The normalized spacial score (nSPS) is 12.2. The van der Waals surface area contributed by atoms with E-state index >= 15 is 0 Å². The minimum atomic E-state index is -3.50. The highest BCUT2D eigenvalue weighted by atomic mass is 32.2. The fraction of sp³-hybridized carbons (Fsp3) is 0.300. The maximum Gasteiger partial charge on any atom is 0.252 e. The van der Waals surface area contributed by atoms with Crippen molar-refractivity contribution in [2.24, 2.45) is 0 Å². The van der Waals surface area contributed by atoms with E-state index in [1.165, 1.54) is 28.8 Å². The molecular formula is C10H12N2O3S3. The van der Waals surface area contributed by atoms with E-state index in [4.69, 9.17) is 5.11 Å². The molecule has 0 aliphatic rings. The molecule has 0 atom stereocenters. The summed E-state index contributed by atoms with van der Waals surface area (Å²) in [6.45, 7) is 0.0972. The number of hydrogen-bond acceptors (Lipinski definition) is 6. The van der Waals surface area contributed by atoms with Crippen molar-refractivity contribution >= 4 is 32.7 Å². The Kier molecular flexibility index (Phi) is 4.13. The van der Waals surface area contributed by atoms with Crippen LogP contribution in [0.1, 0.15) is 11.3 Å². The summed E-state index contributed by atoms with van der Waals surface area (Å²) in [5.41, 5.74) is 3.01. The Morgan fingerprint density at radius 1 is 1.44 bits per heavy atom. The van der Waals surface area contributed by atoms with Crippen molar-refractivity contribution in [2.45, 2.75) is 17.4 Å². The first-order chi connectivity index (χ1) is 8.54. The lowest BCUT2D eigenvalue weighted by atomic mass is 10.4. The lowest BCUT2D eigenvalue weighted by molar-refractivity contribution is 0.282. The van der Waals surface area contributed by atoms with Crippen molar-refractivity contribution in [1.82, 2.24) is 9.29 Å². The van der Waals surface area contributed by atoms with Gasteiger partial charge in [0.15, 0.2) is 0 Å². The number of aliphatic hydroxyl groups is 1. The standard InChI is InChI=1S/C10H12N2O3S3/c1-12(3-9-6-16-7-11-9)18(14,15)10-2-8(4-13)5-17-10/h2,5-7,13H,3-4H2,1H3. The number of thiazole rings is 1. The SMILES string of the molecule is CN(Cc1cscn1)S(=O)(=O)c1cc(CO)cs1. The summed E-state index contributed by atoms with van der Waals surface area (Å²) in [4.78, 5) is 4.06. The molecule has 5 nitrogen and oxygen atoms in total. The molecule has 0 aliphatic carbocycles. The van der Waals surface area contributed by atoms with Gasteiger partial charge >= 0.3 is 0 Å². The fourth-order valence-electron chi connectivity index (χ4n) is 1.35. The highest BCUT2D eigenvalue weighted by molar-refractivity contribution is 7.91. The topological polar surface area (TPSA) is 70.5 Å². The van der Waals surface area contributed by atoms with E-state index in [1.54, 1.807) is 10.9 Å². The Bertz CT molecular complexity index is 604. The molecule has 0 unspecified atom stereocenters. The van der Waals surface area contributed by atoms with E-state index in [9.17, 15) is 8.42 Å². The van der Waals surface area contributed by atoms with Gasteiger partial charge in [0.25, 0.3) is 10.0 Å². The van der Waals surface area contributed by atoms with Crippen molar-refractivity contribution in [3.8, 4) is 0 Å². The van der Waals surface area contributed by atoms with Gasteiger partial charge in [-0.25, -0.2) is 13.4 Å². The van der Waals surface area contributed by atoms with Crippen molar-refractivity contribution in [2.75, 3.05) is 7.05 Å². The average molecular weight is 304 g/mol. The second-order valence-corrected chi connectivity index (χ2v) is 7.57. The zero-order chi connectivity index (χ0) is 13.2. The minimum absolute atomic E-state index is 0.151. The van der Waals surface area contributed by atoms with Crippen LogP contribution in [0.15, 0.2) is 26.5 Å². The van der Waals surface area contributed by atoms with Crippen LogP contribution < -0.4 is 0 Å². The summed E-state index contributed by atoms with van der Waals surface area (Å²) in [6, 6.07) is 1.50. The van der Waals surface area contributed by atoms with Gasteiger partial charge in [0.2, 0.25) is 0 Å². The molecule has 98 valence electrons. The van der Waals surface area contributed by atoms with Crippen LogP contribution in [0.5, 0.6) is 0 Å². The fourth-order valence-corrected chi connectivity index (χ4v) is 4.45. The van der Waals surface area contributed by atoms with Crippen LogP contribution in [-0.2, 0) is 23.2 Å². The van der Waals surface area contributed by atoms with E-state index in [0.717, 1.165) is 17.0 Å². The van der Waals surface area contributed by atoms with E-state index < -0.39 is 10.0 Å². The Morgan fingerprint density at radius 3 is 2.78 bits per heavy atom. The van der Waals surface area contributed by atoms with Gasteiger partial charge in [-0.2, -0.15) is 4.31 Å². The lowest BCUT2D eigenvalue weighted by Crippen LogP contribution is -2.25. The van der Waals surface area contributed by atoms with Gasteiger partial charge in [-0.05, 0) is 17.0 Å². The van der Waals surface area contributed by atoms with Crippen LogP contribution in [0.25, 0.3) is 0 Å². The Hall–Kier alpha value is -0.800. The zero-order valence-electron chi connectivity index (χ0n) is 9.61. The van der Waals surface area contributed by atoms with Gasteiger partial charge in [-0.1, -0.05) is 0 Å². The monoisotopic (exact) mass is 304 g/mol. The molecule has 0 aromatic carbocycles. The van der Waals surface area contributed by atoms with Crippen molar-refractivity contribution in [1.29, 1.82) is 0 Å². The number of aromatic nitrogens is 1. The molecule has 2 rings (SSSR count). The number of thiophene rings is 1. The van der Waals surface area contributed by atoms with E-state index in [-0.39, 0.29) is 17.4 Å². The molecule has 0 bridgehead atoms. The molecule has 2 aromatic heterocycles. The van der Waals surface area contributed by atoms with Gasteiger partial charge in [-0.3, -0.25) is 0 Å². The molecule has 0 aliphatic heterocycles. The number of aliphatic hydroxyl groups excluding tert-OH is 1. The number of hydrogen-bond donors (Lipinski definition) is 1. The van der Waals surface area contributed by atoms with Crippen molar-refractivity contribution < 1.29 is 13.5 Å². The summed E-state index contributed by atoms with van der Waals surface area (Å²) in [6.07, 6.45) is 0. The van der Waals surface area contributed by atoms with Crippen molar-refractivity contribution in [3.63, 3.8) is 0 Å². The number of rotatable bonds is 5. The quantitative estimate of drug-likeness (QED) is 0.909. The Balaban J connectivity index is 2.19. The second kappa shape index (κ2) is 5.45. The molecule has 18 heavy (non-hydrogen) atoms. The van der Waals surface area contributed by atoms with Crippen LogP contribution in [0, 0.1) is 0 Å². The van der Waals surface area contributed by atoms with Crippen LogP contribution in [0.2, 0.25) is 0 Å². The maximum absolute atomic E-state index is 12.2. The highest BCUT2D eigenvalue weighted by Gasteiger charge is 2.23. The number of nitrogens with zero attached hydrogens (tertiary/aromatic N) is 2. The molecule has 0 spiro atoms. The third-order valence-electron chi connectivity index (χ3n) is 2.34. The molecule has 0 radical (unpaired) electrons. The molecule has 0 amide bonds. The predicted molar refractivity (Wildman–Crippen MR) is 71.0 cm³/mol. The molecular weight excluding hydrogens is 292 g/mol. The van der Waals surface area contributed by atoms with Crippen LogP contribution >= 0.6 is 22.7 Å².